The average molecular weight is 298 g/mol. The minimum Gasteiger partial charge on any atom is -0.478 e. The molecule has 0 radical (unpaired) electrons. The molecule has 0 saturated carbocycles. The van der Waals surface area contributed by atoms with Gasteiger partial charge < -0.3 is 10.4 Å². The number of carboxylic acid groups (broad SMARTS) is 1. The lowest BCUT2D eigenvalue weighted by Gasteiger charge is -2.09. The van der Waals surface area contributed by atoms with Crippen LogP contribution in [0.25, 0.3) is 10.8 Å². The maximum absolute atomic E-state index is 12.1. The van der Waals surface area contributed by atoms with E-state index in [1.54, 1.807) is 17.6 Å². The molecule has 3 rings (SSSR count). The molecule has 5 nitrogen and oxygen atoms in total. The number of carbonyl (C=O) groups excluding carboxylic acids is 1. The van der Waals surface area contributed by atoms with Crippen LogP contribution in [0.5, 0.6) is 0 Å². The number of nitrogens with one attached hydrogen (secondary N) is 1. The van der Waals surface area contributed by atoms with Crippen molar-refractivity contribution in [3.63, 3.8) is 0 Å². The van der Waals surface area contributed by atoms with Gasteiger partial charge in [0.15, 0.2) is 0 Å². The molecule has 0 spiro atoms. The minimum atomic E-state index is -1.08. The molecule has 0 unspecified atom stereocenters. The number of hydrogen-bond donors (Lipinski definition) is 2. The van der Waals surface area contributed by atoms with E-state index >= 15 is 0 Å². The Balaban J connectivity index is 2.05. The highest BCUT2D eigenvalue weighted by molar-refractivity contribution is 7.11. The van der Waals surface area contributed by atoms with E-state index in [-0.39, 0.29) is 17.2 Å². The summed E-state index contributed by atoms with van der Waals surface area (Å²) >= 11 is 1.20. The Morgan fingerprint density at radius 3 is 2.48 bits per heavy atom. The standard InChI is InChI=1S/C15H10N2O3S/c18-14(13-7-16-8-21-13)17-12-6-10-4-2-1-3-9(10)5-11(12)15(19)20/h1-8H,(H,17,18)(H,19,20). The summed E-state index contributed by atoms with van der Waals surface area (Å²) in [5.74, 6) is -1.45. The summed E-state index contributed by atoms with van der Waals surface area (Å²) in [5.41, 5.74) is 1.89. The summed E-state index contributed by atoms with van der Waals surface area (Å²) in [6.07, 6.45) is 1.45. The molecular formula is C15H10N2O3S. The highest BCUT2D eigenvalue weighted by Crippen LogP contribution is 2.25. The van der Waals surface area contributed by atoms with E-state index in [1.165, 1.54) is 17.5 Å². The Hall–Kier alpha value is -2.73. The van der Waals surface area contributed by atoms with Crippen molar-refractivity contribution in [2.24, 2.45) is 0 Å². The van der Waals surface area contributed by atoms with E-state index in [0.29, 0.717) is 4.88 Å². The van der Waals surface area contributed by atoms with Crippen molar-refractivity contribution in [3.05, 3.63) is 58.5 Å². The third-order valence-corrected chi connectivity index (χ3v) is 3.79. The Bertz CT molecular complexity index is 828. The third-order valence-electron chi connectivity index (χ3n) is 3.02. The van der Waals surface area contributed by atoms with E-state index in [9.17, 15) is 14.7 Å². The summed E-state index contributed by atoms with van der Waals surface area (Å²) in [7, 11) is 0. The first-order chi connectivity index (χ1) is 10.1. The molecule has 1 aromatic heterocycles. The maximum Gasteiger partial charge on any atom is 0.337 e. The molecule has 1 heterocycles. The van der Waals surface area contributed by atoms with Crippen molar-refractivity contribution in [1.29, 1.82) is 0 Å². The third kappa shape index (κ3) is 2.61. The minimum absolute atomic E-state index is 0.0616. The van der Waals surface area contributed by atoms with Gasteiger partial charge in [0, 0.05) is 0 Å². The van der Waals surface area contributed by atoms with Crippen molar-refractivity contribution < 1.29 is 14.7 Å². The number of fused-ring (bicyclic) bond motifs is 1. The lowest BCUT2D eigenvalue weighted by Crippen LogP contribution is -2.13. The number of thiazole rings is 1. The largest absolute Gasteiger partial charge is 0.478 e. The molecule has 0 atom stereocenters. The number of hydrogen-bond acceptors (Lipinski definition) is 4. The molecule has 0 aliphatic rings. The van der Waals surface area contributed by atoms with Crippen LogP contribution in [-0.4, -0.2) is 22.0 Å². The second-order valence-corrected chi connectivity index (χ2v) is 5.26. The number of carbonyl (C=O) groups is 2. The van der Waals surface area contributed by atoms with Crippen molar-refractivity contribution in [2.75, 3.05) is 5.32 Å². The van der Waals surface area contributed by atoms with Crippen LogP contribution in [0.15, 0.2) is 48.1 Å². The highest BCUT2D eigenvalue weighted by Gasteiger charge is 2.15. The summed E-state index contributed by atoms with van der Waals surface area (Å²) in [4.78, 5) is 27.7. The Morgan fingerprint density at radius 2 is 1.86 bits per heavy atom. The fourth-order valence-corrected chi connectivity index (χ4v) is 2.55. The summed E-state index contributed by atoms with van der Waals surface area (Å²) < 4.78 is 0. The predicted octanol–water partition coefficient (Wildman–Crippen LogP) is 3.25. The number of aromatic carboxylic acids is 1. The number of nitrogens with zero attached hydrogens (tertiary/aromatic N) is 1. The van der Waals surface area contributed by atoms with Crippen LogP contribution in [0.3, 0.4) is 0 Å². The van der Waals surface area contributed by atoms with Crippen LogP contribution in [0.4, 0.5) is 5.69 Å². The van der Waals surface area contributed by atoms with Crippen LogP contribution in [0.1, 0.15) is 20.0 Å². The normalized spacial score (nSPS) is 10.5. The molecule has 0 aliphatic heterocycles. The molecule has 2 N–H and O–H groups in total. The Labute approximate surface area is 123 Å². The van der Waals surface area contributed by atoms with Gasteiger partial charge in [-0.25, -0.2) is 4.79 Å². The van der Waals surface area contributed by atoms with E-state index in [2.05, 4.69) is 10.3 Å². The van der Waals surface area contributed by atoms with Crippen LogP contribution in [-0.2, 0) is 0 Å². The number of carboxylic acids is 1. The molecule has 6 heteroatoms. The number of anilines is 1. The highest BCUT2D eigenvalue weighted by atomic mass is 32.1. The summed E-state index contributed by atoms with van der Waals surface area (Å²) in [5, 5.41) is 13.6. The molecule has 0 saturated heterocycles. The maximum atomic E-state index is 12.1. The number of benzene rings is 2. The first-order valence-electron chi connectivity index (χ1n) is 6.11. The van der Waals surface area contributed by atoms with Gasteiger partial charge in [0.05, 0.1) is 23.0 Å². The number of amides is 1. The van der Waals surface area contributed by atoms with Gasteiger partial charge in [-0.2, -0.15) is 0 Å². The van der Waals surface area contributed by atoms with Gasteiger partial charge in [-0.15, -0.1) is 11.3 Å². The summed E-state index contributed by atoms with van der Waals surface area (Å²) in [6, 6.07) is 10.6. The first kappa shape index (κ1) is 13.3. The van der Waals surface area contributed by atoms with Gasteiger partial charge in [0.1, 0.15) is 4.88 Å². The molecule has 2 aromatic carbocycles. The second kappa shape index (κ2) is 5.34. The van der Waals surface area contributed by atoms with Gasteiger partial charge >= 0.3 is 5.97 Å². The van der Waals surface area contributed by atoms with E-state index in [1.807, 2.05) is 24.3 Å². The molecule has 0 aliphatic carbocycles. The monoisotopic (exact) mass is 298 g/mol. The van der Waals surface area contributed by atoms with Gasteiger partial charge in [-0.3, -0.25) is 9.78 Å². The van der Waals surface area contributed by atoms with Gasteiger partial charge in [-0.1, -0.05) is 24.3 Å². The SMILES string of the molecule is O=C(Nc1cc2ccccc2cc1C(=O)O)c1cncs1. The van der Waals surface area contributed by atoms with Crippen LogP contribution >= 0.6 is 11.3 Å². The van der Waals surface area contributed by atoms with Crippen LogP contribution in [0.2, 0.25) is 0 Å². The molecule has 1 amide bonds. The lowest BCUT2D eigenvalue weighted by atomic mass is 10.0. The van der Waals surface area contributed by atoms with Crippen LogP contribution in [0, 0.1) is 0 Å². The smallest absolute Gasteiger partial charge is 0.337 e. The zero-order valence-corrected chi connectivity index (χ0v) is 11.6. The molecule has 0 fully saturated rings. The van der Waals surface area contributed by atoms with Gasteiger partial charge in [0.25, 0.3) is 5.91 Å². The van der Waals surface area contributed by atoms with Crippen molar-refractivity contribution >= 4 is 39.7 Å². The van der Waals surface area contributed by atoms with Crippen LogP contribution < -0.4 is 5.32 Å². The van der Waals surface area contributed by atoms with Gasteiger partial charge in [0.2, 0.25) is 0 Å². The quantitative estimate of drug-likeness (QED) is 0.778. The number of aromatic nitrogens is 1. The van der Waals surface area contributed by atoms with Crippen molar-refractivity contribution in [3.8, 4) is 0 Å². The fraction of sp³-hybridized carbons (Fsp3) is 0. The molecule has 0 bridgehead atoms. The van der Waals surface area contributed by atoms with Crippen molar-refractivity contribution in [1.82, 2.24) is 4.98 Å². The molecule has 21 heavy (non-hydrogen) atoms. The average Bonchev–Trinajstić information content (AvgIpc) is 3.00. The van der Waals surface area contributed by atoms with E-state index in [4.69, 9.17) is 0 Å². The zero-order chi connectivity index (χ0) is 14.8. The van der Waals surface area contributed by atoms with E-state index < -0.39 is 5.97 Å². The molecule has 104 valence electrons. The topological polar surface area (TPSA) is 79.3 Å². The summed E-state index contributed by atoms with van der Waals surface area (Å²) in [6.45, 7) is 0. The first-order valence-corrected chi connectivity index (χ1v) is 6.99. The Morgan fingerprint density at radius 1 is 1.14 bits per heavy atom. The fourth-order valence-electron chi connectivity index (χ4n) is 2.03. The van der Waals surface area contributed by atoms with Crippen molar-refractivity contribution in [2.45, 2.75) is 0 Å². The molecule has 3 aromatic rings. The second-order valence-electron chi connectivity index (χ2n) is 4.37. The lowest BCUT2D eigenvalue weighted by molar-refractivity contribution is 0.0698. The number of rotatable bonds is 3. The predicted molar refractivity (Wildman–Crippen MR) is 81.0 cm³/mol. The Kier molecular flexibility index (Phi) is 3.37. The molecular weight excluding hydrogens is 288 g/mol. The van der Waals surface area contributed by atoms with Gasteiger partial charge in [-0.05, 0) is 22.9 Å². The van der Waals surface area contributed by atoms with E-state index in [0.717, 1.165) is 10.8 Å². The zero-order valence-electron chi connectivity index (χ0n) is 10.7.